The van der Waals surface area contributed by atoms with Crippen molar-refractivity contribution in [3.8, 4) is 0 Å². The van der Waals surface area contributed by atoms with E-state index in [1.165, 1.54) is 4.90 Å². The second-order valence-corrected chi connectivity index (χ2v) is 12.1. The van der Waals surface area contributed by atoms with Crippen molar-refractivity contribution in [1.82, 2.24) is 20.9 Å². The Morgan fingerprint density at radius 3 is 2.21 bits per heavy atom. The summed E-state index contributed by atoms with van der Waals surface area (Å²) in [5.74, 6) is -6.31. The minimum atomic E-state index is -3.10. The van der Waals surface area contributed by atoms with E-state index in [-0.39, 0.29) is 17.4 Å². The van der Waals surface area contributed by atoms with Gasteiger partial charge in [-0.15, -0.1) is 0 Å². The minimum Gasteiger partial charge on any atom is -0.465 e. The van der Waals surface area contributed by atoms with Crippen LogP contribution in [0.4, 0.5) is 13.6 Å². The maximum absolute atomic E-state index is 13.8. The Morgan fingerprint density at radius 1 is 1.00 bits per heavy atom. The van der Waals surface area contributed by atoms with Gasteiger partial charge in [-0.2, -0.15) is 0 Å². The fourth-order valence-corrected chi connectivity index (χ4v) is 6.23. The number of carbonyl (C=O) groups excluding carboxylic acids is 4. The summed E-state index contributed by atoms with van der Waals surface area (Å²) in [6.45, 7) is 1.00. The molecule has 4 fully saturated rings. The predicted octanol–water partition coefficient (Wildman–Crippen LogP) is 2.74. The molecule has 3 atom stereocenters. The molecule has 39 heavy (non-hydrogen) atoms. The maximum Gasteiger partial charge on any atom is 0.405 e. The number of carboxylic acid groups (broad SMARTS) is 1. The van der Waals surface area contributed by atoms with Gasteiger partial charge >= 0.3 is 6.09 Å². The van der Waals surface area contributed by atoms with Gasteiger partial charge in [-0.05, 0) is 69.6 Å². The molecule has 0 radical (unpaired) electrons. The first-order chi connectivity index (χ1) is 18.4. The monoisotopic (exact) mass is 554 g/mol. The number of hydrogen-bond acceptors (Lipinski definition) is 5. The highest BCUT2D eigenvalue weighted by atomic mass is 19.3. The molecule has 0 aromatic carbocycles. The van der Waals surface area contributed by atoms with Gasteiger partial charge < -0.3 is 26.0 Å². The van der Waals surface area contributed by atoms with Crippen molar-refractivity contribution in [3.05, 3.63) is 0 Å². The smallest absolute Gasteiger partial charge is 0.405 e. The third kappa shape index (κ3) is 7.45. The summed E-state index contributed by atoms with van der Waals surface area (Å²) in [5.41, 5.74) is -0.303. The lowest BCUT2D eigenvalue weighted by Gasteiger charge is -2.37. The van der Waals surface area contributed by atoms with Crippen LogP contribution in [0.5, 0.6) is 0 Å². The van der Waals surface area contributed by atoms with Crippen molar-refractivity contribution in [2.45, 2.75) is 120 Å². The predicted molar refractivity (Wildman–Crippen MR) is 136 cm³/mol. The van der Waals surface area contributed by atoms with Crippen LogP contribution in [0.15, 0.2) is 0 Å². The zero-order valence-electron chi connectivity index (χ0n) is 22.5. The van der Waals surface area contributed by atoms with Gasteiger partial charge in [0.2, 0.25) is 23.5 Å². The summed E-state index contributed by atoms with van der Waals surface area (Å²) >= 11 is 0. The quantitative estimate of drug-likeness (QED) is 0.289. The zero-order chi connectivity index (χ0) is 28.4. The Morgan fingerprint density at radius 2 is 1.67 bits per heavy atom. The number of hydrogen-bond donors (Lipinski definition) is 4. The number of carbonyl (C=O) groups is 5. The molecule has 12 heteroatoms. The number of nitrogens with one attached hydrogen (secondary N) is 3. The van der Waals surface area contributed by atoms with E-state index in [1.807, 2.05) is 0 Å². The first-order valence-corrected chi connectivity index (χ1v) is 14.2. The zero-order valence-corrected chi connectivity index (χ0v) is 22.5. The number of halogens is 2. The Hall–Kier alpha value is -2.79. The molecule has 4 aliphatic rings. The van der Waals surface area contributed by atoms with Gasteiger partial charge in [0.05, 0.1) is 6.04 Å². The fraction of sp³-hybridized carbons (Fsp3) is 0.815. The molecule has 1 saturated heterocycles. The highest BCUT2D eigenvalue weighted by molar-refractivity contribution is 6.38. The van der Waals surface area contributed by atoms with Crippen molar-refractivity contribution in [1.29, 1.82) is 0 Å². The summed E-state index contributed by atoms with van der Waals surface area (Å²) in [6.07, 6.45) is 6.22. The van der Waals surface area contributed by atoms with E-state index >= 15 is 0 Å². The third-order valence-electron chi connectivity index (χ3n) is 8.82. The molecule has 1 heterocycles. The van der Waals surface area contributed by atoms with E-state index in [0.717, 1.165) is 51.4 Å². The number of ketones is 1. The number of amides is 4. The summed E-state index contributed by atoms with van der Waals surface area (Å²) in [5, 5.41) is 16.8. The lowest BCUT2D eigenvalue weighted by Crippen LogP contribution is -2.58. The van der Waals surface area contributed by atoms with Gasteiger partial charge in [0.15, 0.2) is 0 Å². The number of nitrogens with zero attached hydrogens (tertiary/aromatic N) is 1. The molecule has 10 nitrogen and oxygen atoms in total. The number of likely N-dealkylation sites (tertiary alicyclic amines) is 1. The molecular formula is C27H40F2N4O6. The average Bonchev–Trinajstić information content (AvgIpc) is 3.57. The van der Waals surface area contributed by atoms with Crippen LogP contribution in [0.2, 0.25) is 0 Å². The van der Waals surface area contributed by atoms with Crippen LogP contribution in [-0.2, 0) is 19.2 Å². The SMILES string of the molecule is CC(F)(F)CC[C@H](NC(=O)[C@@H]1CC2(CCCCC2)CN1C(=O)[C@@H](NC(=O)O)C1CCC1)C(=O)C(=O)NC1CC1. The second kappa shape index (κ2) is 11.8. The van der Waals surface area contributed by atoms with Crippen LogP contribution >= 0.6 is 0 Å². The van der Waals surface area contributed by atoms with Crippen LogP contribution in [0.1, 0.15) is 90.4 Å². The van der Waals surface area contributed by atoms with Gasteiger partial charge in [-0.3, -0.25) is 19.2 Å². The van der Waals surface area contributed by atoms with Gasteiger partial charge in [-0.1, -0.05) is 25.7 Å². The number of Topliss-reactive ketones (excluding diaryl/α,β-unsaturated/α-hetero) is 1. The number of rotatable bonds is 11. The van der Waals surface area contributed by atoms with Crippen molar-refractivity contribution in [2.75, 3.05) is 6.54 Å². The second-order valence-electron chi connectivity index (χ2n) is 12.1. The summed E-state index contributed by atoms with van der Waals surface area (Å²) in [6, 6.07) is -3.55. The van der Waals surface area contributed by atoms with Gasteiger partial charge in [0.25, 0.3) is 5.91 Å². The molecule has 218 valence electrons. The molecule has 0 bridgehead atoms. The van der Waals surface area contributed by atoms with E-state index < -0.39 is 66.5 Å². The summed E-state index contributed by atoms with van der Waals surface area (Å²) < 4.78 is 27.4. The Kier molecular flexibility index (Phi) is 8.80. The standard InChI is InChI=1S/C27H40F2N4O6/c1-26(28,29)13-10-18(21(34)23(36)30-17-8-9-17)31-22(35)19-14-27(11-3-2-4-12-27)15-33(19)24(37)20(32-25(38)39)16-6-5-7-16/h16-20,32H,2-15H2,1H3,(H,30,36)(H,31,35)(H,38,39)/t18-,19-,20-/m0/s1. The normalized spacial score (nSPS) is 24.4. The Bertz CT molecular complexity index is 972. The molecule has 1 spiro atoms. The third-order valence-corrected chi connectivity index (χ3v) is 8.82. The summed E-state index contributed by atoms with van der Waals surface area (Å²) in [4.78, 5) is 65.7. The molecule has 0 unspecified atom stereocenters. The molecule has 0 aromatic heterocycles. The van der Waals surface area contributed by atoms with E-state index in [2.05, 4.69) is 16.0 Å². The molecular weight excluding hydrogens is 514 g/mol. The topological polar surface area (TPSA) is 145 Å². The van der Waals surface area contributed by atoms with Crippen LogP contribution in [0.3, 0.4) is 0 Å². The largest absolute Gasteiger partial charge is 0.465 e. The van der Waals surface area contributed by atoms with Crippen LogP contribution in [0.25, 0.3) is 0 Å². The van der Waals surface area contributed by atoms with Crippen molar-refractivity contribution in [3.63, 3.8) is 0 Å². The molecule has 4 amide bonds. The highest BCUT2D eigenvalue weighted by Crippen LogP contribution is 2.47. The Labute approximate surface area is 227 Å². The molecule has 0 aromatic rings. The Balaban J connectivity index is 1.55. The van der Waals surface area contributed by atoms with Crippen LogP contribution in [-0.4, -0.2) is 76.2 Å². The van der Waals surface area contributed by atoms with E-state index in [4.69, 9.17) is 0 Å². The summed E-state index contributed by atoms with van der Waals surface area (Å²) in [7, 11) is 0. The van der Waals surface area contributed by atoms with Gasteiger partial charge in [0.1, 0.15) is 12.1 Å². The molecule has 4 N–H and O–H groups in total. The van der Waals surface area contributed by atoms with E-state index in [9.17, 15) is 37.9 Å². The first-order valence-electron chi connectivity index (χ1n) is 14.2. The van der Waals surface area contributed by atoms with Crippen LogP contribution < -0.4 is 16.0 Å². The van der Waals surface area contributed by atoms with Gasteiger partial charge in [0, 0.05) is 19.0 Å². The fourth-order valence-electron chi connectivity index (χ4n) is 6.23. The lowest BCUT2D eigenvalue weighted by molar-refractivity contribution is -0.144. The first kappa shape index (κ1) is 29.2. The van der Waals surface area contributed by atoms with Crippen molar-refractivity contribution in [2.24, 2.45) is 11.3 Å². The van der Waals surface area contributed by atoms with Crippen LogP contribution in [0, 0.1) is 11.3 Å². The van der Waals surface area contributed by atoms with Crippen molar-refractivity contribution >= 4 is 29.6 Å². The van der Waals surface area contributed by atoms with Crippen molar-refractivity contribution < 1.29 is 37.9 Å². The number of alkyl halides is 2. The molecule has 3 saturated carbocycles. The molecule has 3 aliphatic carbocycles. The average molecular weight is 555 g/mol. The molecule has 1 aliphatic heterocycles. The highest BCUT2D eigenvalue weighted by Gasteiger charge is 2.51. The van der Waals surface area contributed by atoms with Gasteiger partial charge in [-0.25, -0.2) is 13.6 Å². The van der Waals surface area contributed by atoms with E-state index in [0.29, 0.717) is 32.7 Å². The maximum atomic E-state index is 13.8. The minimum absolute atomic E-state index is 0.121. The molecule has 4 rings (SSSR count). The van der Waals surface area contributed by atoms with E-state index in [1.54, 1.807) is 0 Å². The lowest BCUT2D eigenvalue weighted by atomic mass is 9.72.